The Bertz CT molecular complexity index is 658. The summed E-state index contributed by atoms with van der Waals surface area (Å²) in [5, 5.41) is 2.70. The van der Waals surface area contributed by atoms with Crippen molar-refractivity contribution < 1.29 is 8.42 Å². The van der Waals surface area contributed by atoms with Gasteiger partial charge in [0.15, 0.2) is 0 Å². The molecule has 18 heavy (non-hydrogen) atoms. The highest BCUT2D eigenvalue weighted by Gasteiger charge is 2.15. The summed E-state index contributed by atoms with van der Waals surface area (Å²) in [7, 11) is -1.77. The van der Waals surface area contributed by atoms with Gasteiger partial charge >= 0.3 is 5.69 Å². The monoisotopic (exact) mass is 276 g/mol. The molecule has 0 spiro atoms. The summed E-state index contributed by atoms with van der Waals surface area (Å²) in [5.41, 5.74) is 4.32. The van der Waals surface area contributed by atoms with Gasteiger partial charge in [0.2, 0.25) is 0 Å². The lowest BCUT2D eigenvalue weighted by Crippen LogP contribution is -2.35. The van der Waals surface area contributed by atoms with E-state index in [9.17, 15) is 18.0 Å². The van der Waals surface area contributed by atoms with E-state index in [1.807, 2.05) is 0 Å². The van der Waals surface area contributed by atoms with E-state index < -0.39 is 27.1 Å². The van der Waals surface area contributed by atoms with Gasteiger partial charge in [0, 0.05) is 19.3 Å². The van der Waals surface area contributed by atoms with Crippen LogP contribution in [0.25, 0.3) is 0 Å². The number of nitrogen functional groups attached to an aromatic ring is 1. The van der Waals surface area contributed by atoms with Crippen molar-refractivity contribution in [1.29, 1.82) is 0 Å². The zero-order valence-corrected chi connectivity index (χ0v) is 11.2. The van der Waals surface area contributed by atoms with E-state index in [0.29, 0.717) is 0 Å². The number of nitrogens with two attached hydrogens (primary N) is 1. The van der Waals surface area contributed by atoms with Gasteiger partial charge in [-0.1, -0.05) is 0 Å². The predicted octanol–water partition coefficient (Wildman–Crippen LogP) is -1.50. The Balaban J connectivity index is 3.10. The predicted molar refractivity (Wildman–Crippen MR) is 69.5 cm³/mol. The molecule has 9 heteroatoms. The molecule has 1 aromatic heterocycles. The summed E-state index contributed by atoms with van der Waals surface area (Å²) in [6.45, 7) is 1.60. The Labute approximate surface area is 104 Å². The third-order valence-corrected chi connectivity index (χ3v) is 3.42. The summed E-state index contributed by atoms with van der Waals surface area (Å²) in [4.78, 5) is 24.9. The summed E-state index contributed by atoms with van der Waals surface area (Å²) in [6.07, 6.45) is 1.10. The fourth-order valence-electron chi connectivity index (χ4n) is 1.52. The molecule has 0 saturated carbocycles. The number of nitrogens with zero attached hydrogens (tertiary/aromatic N) is 1. The summed E-state index contributed by atoms with van der Waals surface area (Å²) >= 11 is 0. The fraction of sp³-hybridized carbons (Fsp3) is 0.556. The van der Waals surface area contributed by atoms with Crippen LogP contribution in [0.1, 0.15) is 6.92 Å². The van der Waals surface area contributed by atoms with Crippen LogP contribution in [0, 0.1) is 0 Å². The van der Waals surface area contributed by atoms with Crippen LogP contribution in [-0.2, 0) is 16.9 Å². The van der Waals surface area contributed by atoms with Crippen LogP contribution >= 0.6 is 0 Å². The molecule has 0 aliphatic heterocycles. The first-order valence-electron chi connectivity index (χ1n) is 5.15. The number of hydrogen-bond donors (Lipinski definition) is 3. The molecule has 0 aliphatic carbocycles. The molecule has 8 nitrogen and oxygen atoms in total. The van der Waals surface area contributed by atoms with Gasteiger partial charge in [-0.25, -0.2) is 13.2 Å². The Morgan fingerprint density at radius 1 is 1.44 bits per heavy atom. The molecule has 1 unspecified atom stereocenters. The minimum atomic E-state index is -3.17. The van der Waals surface area contributed by atoms with Crippen molar-refractivity contribution in [2.24, 2.45) is 7.05 Å². The van der Waals surface area contributed by atoms with Gasteiger partial charge in [-0.2, -0.15) is 0 Å². The average molecular weight is 276 g/mol. The van der Waals surface area contributed by atoms with E-state index in [0.717, 1.165) is 10.8 Å². The van der Waals surface area contributed by atoms with Crippen molar-refractivity contribution in [3.63, 3.8) is 0 Å². The van der Waals surface area contributed by atoms with Crippen LogP contribution in [0.4, 0.5) is 11.5 Å². The Morgan fingerprint density at radius 2 is 2.00 bits per heavy atom. The molecule has 0 aliphatic rings. The highest BCUT2D eigenvalue weighted by Crippen LogP contribution is 2.10. The van der Waals surface area contributed by atoms with Crippen LogP contribution in [0.15, 0.2) is 9.59 Å². The van der Waals surface area contributed by atoms with Gasteiger partial charge in [-0.05, 0) is 6.92 Å². The Hall–Kier alpha value is -1.77. The molecule has 0 saturated heterocycles. The second-order valence-electron chi connectivity index (χ2n) is 4.22. The van der Waals surface area contributed by atoms with E-state index in [-0.39, 0.29) is 17.3 Å². The minimum Gasteiger partial charge on any atom is -0.383 e. The van der Waals surface area contributed by atoms with Crippen LogP contribution in [0.5, 0.6) is 0 Å². The fourth-order valence-corrected chi connectivity index (χ4v) is 2.51. The van der Waals surface area contributed by atoms with Crippen LogP contribution in [0.2, 0.25) is 0 Å². The van der Waals surface area contributed by atoms with Crippen molar-refractivity contribution in [1.82, 2.24) is 9.55 Å². The standard InChI is InChI=1S/C9H16N4O4S/c1-5(4-18(3,16)17)11-6-7(10)13(2)9(15)12-8(6)14/h5,11H,4,10H2,1-3H3,(H,12,14,15). The van der Waals surface area contributed by atoms with E-state index >= 15 is 0 Å². The lowest BCUT2D eigenvalue weighted by atomic mass is 10.3. The molecule has 102 valence electrons. The van der Waals surface area contributed by atoms with Gasteiger partial charge in [0.05, 0.1) is 5.75 Å². The van der Waals surface area contributed by atoms with Crippen molar-refractivity contribution in [2.45, 2.75) is 13.0 Å². The number of anilines is 2. The summed E-state index contributed by atoms with van der Waals surface area (Å²) in [6, 6.07) is -0.499. The minimum absolute atomic E-state index is 0.00625. The maximum Gasteiger partial charge on any atom is 0.329 e. The van der Waals surface area contributed by atoms with Crippen molar-refractivity contribution in [2.75, 3.05) is 23.1 Å². The molecule has 0 fully saturated rings. The molecule has 0 bridgehead atoms. The van der Waals surface area contributed by atoms with Gasteiger partial charge < -0.3 is 11.1 Å². The molecule has 1 atom stereocenters. The number of aromatic nitrogens is 2. The van der Waals surface area contributed by atoms with E-state index in [1.165, 1.54) is 7.05 Å². The molecule has 1 aromatic rings. The second-order valence-corrected chi connectivity index (χ2v) is 6.40. The SMILES string of the molecule is CC(CS(C)(=O)=O)Nc1c(N)n(C)c(=O)[nH]c1=O. The van der Waals surface area contributed by atoms with Crippen LogP contribution < -0.4 is 22.3 Å². The average Bonchev–Trinajstić information content (AvgIpc) is 2.19. The largest absolute Gasteiger partial charge is 0.383 e. The number of sulfone groups is 1. The summed E-state index contributed by atoms with van der Waals surface area (Å²) in [5.74, 6) is -0.182. The number of rotatable bonds is 4. The molecular formula is C9H16N4O4S. The zero-order chi connectivity index (χ0) is 14.1. The molecule has 1 heterocycles. The Kier molecular flexibility index (Phi) is 3.85. The second kappa shape index (κ2) is 4.84. The molecule has 0 amide bonds. The summed E-state index contributed by atoms with van der Waals surface area (Å²) < 4.78 is 23.3. The molecule has 0 radical (unpaired) electrons. The molecule has 4 N–H and O–H groups in total. The molecular weight excluding hydrogens is 260 g/mol. The van der Waals surface area contributed by atoms with E-state index in [4.69, 9.17) is 5.73 Å². The topological polar surface area (TPSA) is 127 Å². The van der Waals surface area contributed by atoms with Crippen molar-refractivity contribution in [3.8, 4) is 0 Å². The van der Waals surface area contributed by atoms with Gasteiger partial charge in [-0.3, -0.25) is 14.3 Å². The highest BCUT2D eigenvalue weighted by molar-refractivity contribution is 7.90. The maximum atomic E-state index is 11.6. The zero-order valence-electron chi connectivity index (χ0n) is 10.4. The number of H-pyrrole nitrogens is 1. The quantitative estimate of drug-likeness (QED) is 0.614. The lowest BCUT2D eigenvalue weighted by Gasteiger charge is -2.16. The Morgan fingerprint density at radius 3 is 2.50 bits per heavy atom. The maximum absolute atomic E-state index is 11.6. The molecule has 1 rings (SSSR count). The third-order valence-electron chi connectivity index (χ3n) is 2.31. The van der Waals surface area contributed by atoms with Crippen LogP contribution in [0.3, 0.4) is 0 Å². The molecule has 0 aromatic carbocycles. The van der Waals surface area contributed by atoms with Gasteiger partial charge in [0.1, 0.15) is 21.3 Å². The number of nitrogens with one attached hydrogen (secondary N) is 2. The van der Waals surface area contributed by atoms with Crippen molar-refractivity contribution >= 4 is 21.3 Å². The first-order chi connectivity index (χ1) is 8.11. The normalized spacial score (nSPS) is 13.3. The number of hydrogen-bond acceptors (Lipinski definition) is 6. The smallest absolute Gasteiger partial charge is 0.329 e. The van der Waals surface area contributed by atoms with Gasteiger partial charge in [0.25, 0.3) is 5.56 Å². The van der Waals surface area contributed by atoms with Crippen LogP contribution in [-0.4, -0.2) is 36.0 Å². The van der Waals surface area contributed by atoms with Gasteiger partial charge in [-0.15, -0.1) is 0 Å². The van der Waals surface area contributed by atoms with E-state index in [1.54, 1.807) is 6.92 Å². The first-order valence-corrected chi connectivity index (χ1v) is 7.21. The number of aromatic amines is 1. The lowest BCUT2D eigenvalue weighted by molar-refractivity contribution is 0.598. The third kappa shape index (κ3) is 3.36. The first kappa shape index (κ1) is 14.3. The highest BCUT2D eigenvalue weighted by atomic mass is 32.2. The van der Waals surface area contributed by atoms with E-state index in [2.05, 4.69) is 10.3 Å². The van der Waals surface area contributed by atoms with Crippen molar-refractivity contribution in [3.05, 3.63) is 20.8 Å².